The van der Waals surface area contributed by atoms with Gasteiger partial charge in [-0.3, -0.25) is 9.69 Å². The molecule has 2 aliphatic heterocycles. The smallest absolute Gasteiger partial charge is 0.222 e. The van der Waals surface area contributed by atoms with E-state index in [1.807, 2.05) is 24.1 Å². The molecule has 0 aliphatic carbocycles. The molecule has 3 rings (SSSR count). The van der Waals surface area contributed by atoms with E-state index in [9.17, 15) is 9.90 Å². The van der Waals surface area contributed by atoms with E-state index in [1.165, 1.54) is 0 Å². The van der Waals surface area contributed by atoms with Crippen molar-refractivity contribution in [3.8, 4) is 11.5 Å². The summed E-state index contributed by atoms with van der Waals surface area (Å²) in [5.74, 6) is 1.01. The number of carbonyl (C=O) groups excluding carboxylic acids is 1. The van der Waals surface area contributed by atoms with E-state index in [0.29, 0.717) is 23.5 Å². The first kappa shape index (κ1) is 17.1. The standard InChI is InChI=1S/C19H28N2O3/c1-20-10-7-19(6-5-18(20)23)8-11-21(12-9-19)14-15-3-4-17(24-2)16(22)13-15/h3-4,13,22H,5-12,14H2,1-2H3. The Morgan fingerprint density at radius 3 is 2.54 bits per heavy atom. The van der Waals surface area contributed by atoms with Crippen LogP contribution in [-0.4, -0.2) is 54.6 Å². The molecule has 1 spiro atoms. The molecule has 5 heteroatoms. The number of piperidine rings is 1. The van der Waals surface area contributed by atoms with E-state index in [-0.39, 0.29) is 5.75 Å². The normalized spacial score (nSPS) is 21.8. The largest absolute Gasteiger partial charge is 0.504 e. The van der Waals surface area contributed by atoms with Gasteiger partial charge in [-0.1, -0.05) is 6.07 Å². The van der Waals surface area contributed by atoms with E-state index in [4.69, 9.17) is 4.74 Å². The van der Waals surface area contributed by atoms with Gasteiger partial charge in [0.15, 0.2) is 11.5 Å². The summed E-state index contributed by atoms with van der Waals surface area (Å²) < 4.78 is 5.10. The quantitative estimate of drug-likeness (QED) is 0.924. The van der Waals surface area contributed by atoms with Crippen molar-refractivity contribution in [3.05, 3.63) is 23.8 Å². The lowest BCUT2D eigenvalue weighted by Gasteiger charge is -2.41. The molecule has 0 atom stereocenters. The third-order valence-electron chi connectivity index (χ3n) is 5.84. The molecule has 2 aliphatic rings. The first-order valence-corrected chi connectivity index (χ1v) is 8.84. The number of nitrogens with zero attached hydrogens (tertiary/aromatic N) is 2. The molecule has 2 saturated heterocycles. The van der Waals surface area contributed by atoms with Crippen LogP contribution in [0.15, 0.2) is 18.2 Å². The van der Waals surface area contributed by atoms with Crippen LogP contribution in [0.1, 0.15) is 37.7 Å². The number of hydrogen-bond donors (Lipinski definition) is 1. The fraction of sp³-hybridized carbons (Fsp3) is 0.632. The van der Waals surface area contributed by atoms with Crippen molar-refractivity contribution in [2.45, 2.75) is 38.6 Å². The van der Waals surface area contributed by atoms with Gasteiger partial charge in [0.05, 0.1) is 7.11 Å². The van der Waals surface area contributed by atoms with Crippen LogP contribution in [0.5, 0.6) is 11.5 Å². The number of phenols is 1. The molecule has 0 bridgehead atoms. The van der Waals surface area contributed by atoms with Gasteiger partial charge in [-0.05, 0) is 61.9 Å². The molecule has 1 aromatic carbocycles. The van der Waals surface area contributed by atoms with Crippen LogP contribution in [0.3, 0.4) is 0 Å². The summed E-state index contributed by atoms with van der Waals surface area (Å²) in [7, 11) is 3.49. The van der Waals surface area contributed by atoms with E-state index in [2.05, 4.69) is 4.90 Å². The average Bonchev–Trinajstić information content (AvgIpc) is 2.72. The van der Waals surface area contributed by atoms with E-state index >= 15 is 0 Å². The Morgan fingerprint density at radius 1 is 1.17 bits per heavy atom. The zero-order chi connectivity index (χ0) is 17.2. The molecule has 0 aromatic heterocycles. The molecule has 0 unspecified atom stereocenters. The number of hydrogen-bond acceptors (Lipinski definition) is 4. The van der Waals surface area contributed by atoms with Crippen LogP contribution in [0, 0.1) is 5.41 Å². The summed E-state index contributed by atoms with van der Waals surface area (Å²) in [6.45, 7) is 3.87. The molecule has 5 nitrogen and oxygen atoms in total. The molecule has 132 valence electrons. The minimum atomic E-state index is 0.203. The van der Waals surface area contributed by atoms with Crippen molar-refractivity contribution < 1.29 is 14.6 Å². The number of methoxy groups -OCH3 is 1. The maximum Gasteiger partial charge on any atom is 0.222 e. The van der Waals surface area contributed by atoms with E-state index < -0.39 is 0 Å². The number of likely N-dealkylation sites (tertiary alicyclic amines) is 2. The van der Waals surface area contributed by atoms with Crippen molar-refractivity contribution >= 4 is 5.91 Å². The van der Waals surface area contributed by atoms with E-state index in [1.54, 1.807) is 13.2 Å². The summed E-state index contributed by atoms with van der Waals surface area (Å²) in [6.07, 6.45) is 5.19. The number of ether oxygens (including phenoxy) is 1. The molecule has 0 radical (unpaired) electrons. The second kappa shape index (κ2) is 7.01. The fourth-order valence-electron chi connectivity index (χ4n) is 4.00. The van der Waals surface area contributed by atoms with Gasteiger partial charge in [0.25, 0.3) is 0 Å². The highest BCUT2D eigenvalue weighted by molar-refractivity contribution is 5.76. The van der Waals surface area contributed by atoms with Gasteiger partial charge >= 0.3 is 0 Å². The third-order valence-corrected chi connectivity index (χ3v) is 5.84. The highest BCUT2D eigenvalue weighted by Gasteiger charge is 2.37. The molecule has 0 saturated carbocycles. The lowest BCUT2D eigenvalue weighted by molar-refractivity contribution is -0.129. The molecule has 2 fully saturated rings. The van der Waals surface area contributed by atoms with Crippen molar-refractivity contribution in [1.29, 1.82) is 0 Å². The van der Waals surface area contributed by atoms with Gasteiger partial charge < -0.3 is 14.7 Å². The van der Waals surface area contributed by atoms with Crippen molar-refractivity contribution in [2.75, 3.05) is 33.8 Å². The Kier molecular flexibility index (Phi) is 4.99. The first-order valence-electron chi connectivity index (χ1n) is 8.84. The molecular weight excluding hydrogens is 304 g/mol. The van der Waals surface area contributed by atoms with Crippen molar-refractivity contribution in [2.24, 2.45) is 5.41 Å². The summed E-state index contributed by atoms with van der Waals surface area (Å²) in [5.41, 5.74) is 1.46. The Balaban J connectivity index is 1.57. The predicted octanol–water partition coefficient (Wildman–Crippen LogP) is 2.63. The summed E-state index contributed by atoms with van der Waals surface area (Å²) in [6, 6.07) is 5.63. The fourth-order valence-corrected chi connectivity index (χ4v) is 4.00. The number of carbonyl (C=O) groups is 1. The summed E-state index contributed by atoms with van der Waals surface area (Å²) >= 11 is 0. The lowest BCUT2D eigenvalue weighted by atomic mass is 9.73. The molecule has 1 aromatic rings. The highest BCUT2D eigenvalue weighted by atomic mass is 16.5. The Morgan fingerprint density at radius 2 is 1.88 bits per heavy atom. The molecule has 1 N–H and O–H groups in total. The summed E-state index contributed by atoms with van der Waals surface area (Å²) in [5, 5.41) is 9.92. The Hall–Kier alpha value is -1.75. The van der Waals surface area contributed by atoms with Crippen molar-refractivity contribution in [3.63, 3.8) is 0 Å². The Bertz CT molecular complexity index is 594. The number of phenolic OH excluding ortho intramolecular Hbond substituents is 1. The van der Waals surface area contributed by atoms with Crippen LogP contribution in [-0.2, 0) is 11.3 Å². The number of amides is 1. The zero-order valence-electron chi connectivity index (χ0n) is 14.8. The zero-order valence-corrected chi connectivity index (χ0v) is 14.8. The minimum absolute atomic E-state index is 0.203. The second-order valence-electron chi connectivity index (χ2n) is 7.35. The van der Waals surface area contributed by atoms with Crippen LogP contribution in [0.4, 0.5) is 0 Å². The molecule has 2 heterocycles. The van der Waals surface area contributed by atoms with Crippen LogP contribution in [0.2, 0.25) is 0 Å². The monoisotopic (exact) mass is 332 g/mol. The summed E-state index contributed by atoms with van der Waals surface area (Å²) in [4.78, 5) is 16.2. The molecular formula is C19H28N2O3. The van der Waals surface area contributed by atoms with E-state index in [0.717, 1.165) is 57.4 Å². The van der Waals surface area contributed by atoms with Gasteiger partial charge in [0, 0.05) is 26.6 Å². The topological polar surface area (TPSA) is 53.0 Å². The number of aromatic hydroxyl groups is 1. The lowest BCUT2D eigenvalue weighted by Crippen LogP contribution is -2.40. The van der Waals surface area contributed by atoms with Gasteiger partial charge in [0.1, 0.15) is 0 Å². The average molecular weight is 332 g/mol. The maximum absolute atomic E-state index is 11.9. The highest BCUT2D eigenvalue weighted by Crippen LogP contribution is 2.41. The second-order valence-corrected chi connectivity index (χ2v) is 7.35. The van der Waals surface area contributed by atoms with Gasteiger partial charge in [-0.25, -0.2) is 0 Å². The van der Waals surface area contributed by atoms with Gasteiger partial charge in [0.2, 0.25) is 5.91 Å². The third kappa shape index (κ3) is 3.66. The predicted molar refractivity (Wildman–Crippen MR) is 93.1 cm³/mol. The molecule has 24 heavy (non-hydrogen) atoms. The maximum atomic E-state index is 11.9. The number of rotatable bonds is 3. The van der Waals surface area contributed by atoms with Crippen molar-refractivity contribution in [1.82, 2.24) is 9.80 Å². The molecule has 1 amide bonds. The van der Waals surface area contributed by atoms with Crippen LogP contribution in [0.25, 0.3) is 0 Å². The SMILES string of the molecule is COc1ccc(CN2CCC3(CCC(=O)N(C)CC3)CC2)cc1O. The van der Waals surface area contributed by atoms with Crippen LogP contribution >= 0.6 is 0 Å². The number of benzene rings is 1. The van der Waals surface area contributed by atoms with Gasteiger partial charge in [-0.2, -0.15) is 0 Å². The minimum Gasteiger partial charge on any atom is -0.504 e. The Labute approximate surface area is 144 Å². The van der Waals surface area contributed by atoms with Crippen LogP contribution < -0.4 is 4.74 Å². The first-order chi connectivity index (χ1) is 11.5. The van der Waals surface area contributed by atoms with Gasteiger partial charge in [-0.15, -0.1) is 0 Å².